The highest BCUT2D eigenvalue weighted by Gasteiger charge is 2.18. The fourth-order valence-electron chi connectivity index (χ4n) is 8.31. The molecule has 0 fully saturated rings. The van der Waals surface area contributed by atoms with Crippen LogP contribution in [0.3, 0.4) is 0 Å². The molecule has 55 heavy (non-hydrogen) atoms. The minimum absolute atomic E-state index is 0.908. The van der Waals surface area contributed by atoms with Gasteiger partial charge in [0.15, 0.2) is 0 Å². The molecule has 0 saturated heterocycles. The van der Waals surface area contributed by atoms with E-state index in [9.17, 15) is 0 Å². The van der Waals surface area contributed by atoms with Crippen LogP contribution >= 0.6 is 11.3 Å². The van der Waals surface area contributed by atoms with Gasteiger partial charge in [-0.25, -0.2) is 0 Å². The molecule has 2 aromatic heterocycles. The van der Waals surface area contributed by atoms with Crippen LogP contribution in [0, 0.1) is 0 Å². The second kappa shape index (κ2) is 12.9. The highest BCUT2D eigenvalue weighted by atomic mass is 32.1. The summed E-state index contributed by atoms with van der Waals surface area (Å²) in [4.78, 5) is 2.37. The monoisotopic (exact) mass is 719 g/mol. The summed E-state index contributed by atoms with van der Waals surface area (Å²) in [7, 11) is 0. The second-order valence-corrected chi connectivity index (χ2v) is 15.1. The number of thiophene rings is 1. The van der Waals surface area contributed by atoms with Gasteiger partial charge < -0.3 is 9.32 Å². The van der Waals surface area contributed by atoms with E-state index in [-0.39, 0.29) is 0 Å². The predicted octanol–water partition coefficient (Wildman–Crippen LogP) is 15.6. The lowest BCUT2D eigenvalue weighted by Gasteiger charge is -2.26. The summed E-state index contributed by atoms with van der Waals surface area (Å²) in [5.74, 6) is 0. The second-order valence-electron chi connectivity index (χ2n) is 14.1. The van der Waals surface area contributed by atoms with E-state index in [0.717, 1.165) is 50.1 Å². The standard InChI is InChI=1S/C52H33NOS/c1-2-15-41-34(11-1)12-8-18-42(41)35-25-29-38(30-26-35)53(39-31-27-36(28-32-39)44-20-9-21-46-45-16-3-5-22-48(45)54-52(44)46)40-14-7-13-37(33-40)43-19-10-24-50-51(43)47-17-4-6-23-49(47)55-50/h1-33H. The maximum atomic E-state index is 6.43. The zero-order valence-electron chi connectivity index (χ0n) is 29.8. The Balaban J connectivity index is 1.05. The number of anilines is 3. The molecule has 9 aromatic carbocycles. The SMILES string of the molecule is c1cc(-c2cccc3sc4ccccc4c23)cc(N(c2ccc(-c3cccc4ccccc34)cc2)c2ccc(-c3cccc4c3oc3ccccc34)cc2)c1. The van der Waals surface area contributed by atoms with Gasteiger partial charge in [-0.05, 0) is 93.2 Å². The van der Waals surface area contributed by atoms with Crippen molar-refractivity contribution in [2.45, 2.75) is 0 Å². The molecule has 0 saturated carbocycles. The fourth-order valence-corrected chi connectivity index (χ4v) is 9.44. The molecule has 0 aliphatic carbocycles. The van der Waals surface area contributed by atoms with Gasteiger partial charge in [-0.2, -0.15) is 0 Å². The Hall–Kier alpha value is -6.94. The number of fused-ring (bicyclic) bond motifs is 7. The van der Waals surface area contributed by atoms with E-state index in [2.05, 4.69) is 193 Å². The molecule has 11 aromatic rings. The molecule has 3 heteroatoms. The van der Waals surface area contributed by atoms with Crippen LogP contribution in [-0.4, -0.2) is 0 Å². The summed E-state index contributed by atoms with van der Waals surface area (Å²) >= 11 is 1.86. The van der Waals surface area contributed by atoms with Crippen LogP contribution in [0.1, 0.15) is 0 Å². The van der Waals surface area contributed by atoms with Crippen LogP contribution in [0.25, 0.3) is 86.3 Å². The molecular weight excluding hydrogens is 687 g/mol. The van der Waals surface area contributed by atoms with Crippen LogP contribution in [0.15, 0.2) is 205 Å². The van der Waals surface area contributed by atoms with Crippen molar-refractivity contribution in [3.63, 3.8) is 0 Å². The van der Waals surface area contributed by atoms with Crippen molar-refractivity contribution in [2.24, 2.45) is 0 Å². The number of nitrogens with zero attached hydrogens (tertiary/aromatic N) is 1. The minimum Gasteiger partial charge on any atom is -0.455 e. The number of hydrogen-bond donors (Lipinski definition) is 0. The van der Waals surface area contributed by atoms with Gasteiger partial charge in [0.1, 0.15) is 11.2 Å². The third kappa shape index (κ3) is 5.32. The molecular formula is C52H33NOS. The van der Waals surface area contributed by atoms with Crippen molar-refractivity contribution >= 4 is 81.3 Å². The van der Waals surface area contributed by atoms with E-state index < -0.39 is 0 Å². The Morgan fingerprint density at radius 1 is 0.364 bits per heavy atom. The Morgan fingerprint density at radius 2 is 0.945 bits per heavy atom. The fraction of sp³-hybridized carbons (Fsp3) is 0. The summed E-state index contributed by atoms with van der Waals surface area (Å²) in [5.41, 5.74) is 12.2. The Kier molecular flexibility index (Phi) is 7.39. The molecule has 2 nitrogen and oxygen atoms in total. The van der Waals surface area contributed by atoms with Crippen LogP contribution in [0.5, 0.6) is 0 Å². The lowest BCUT2D eigenvalue weighted by Crippen LogP contribution is -2.10. The zero-order valence-corrected chi connectivity index (χ0v) is 30.6. The Bertz CT molecular complexity index is 3200. The van der Waals surface area contributed by atoms with Gasteiger partial charge in [-0.15, -0.1) is 11.3 Å². The maximum Gasteiger partial charge on any atom is 0.143 e. The average Bonchev–Trinajstić information content (AvgIpc) is 3.83. The molecule has 0 aliphatic heterocycles. The topological polar surface area (TPSA) is 16.4 Å². The summed E-state index contributed by atoms with van der Waals surface area (Å²) in [6, 6.07) is 72.2. The highest BCUT2D eigenvalue weighted by Crippen LogP contribution is 2.43. The molecule has 0 unspecified atom stereocenters. The quantitative estimate of drug-likeness (QED) is 0.170. The molecule has 11 rings (SSSR count). The molecule has 0 bridgehead atoms. The summed E-state index contributed by atoms with van der Waals surface area (Å²) < 4.78 is 9.04. The van der Waals surface area contributed by atoms with E-state index in [0.29, 0.717) is 0 Å². The molecule has 0 atom stereocenters. The lowest BCUT2D eigenvalue weighted by molar-refractivity contribution is 0.670. The molecule has 258 valence electrons. The largest absolute Gasteiger partial charge is 0.455 e. The summed E-state index contributed by atoms with van der Waals surface area (Å²) in [6.07, 6.45) is 0. The van der Waals surface area contributed by atoms with E-state index >= 15 is 0 Å². The van der Waals surface area contributed by atoms with Crippen LogP contribution in [0.2, 0.25) is 0 Å². The van der Waals surface area contributed by atoms with Crippen molar-refractivity contribution in [3.8, 4) is 33.4 Å². The molecule has 0 aliphatic rings. The summed E-state index contributed by atoms with van der Waals surface area (Å²) in [5, 5.41) is 7.40. The van der Waals surface area contributed by atoms with Gasteiger partial charge in [-0.1, -0.05) is 146 Å². The third-order valence-electron chi connectivity index (χ3n) is 10.9. The molecule has 2 heterocycles. The first kappa shape index (κ1) is 31.6. The van der Waals surface area contributed by atoms with E-state index in [1.54, 1.807) is 0 Å². The molecule has 0 N–H and O–H groups in total. The number of benzene rings is 9. The minimum atomic E-state index is 0.908. The molecule has 0 spiro atoms. The highest BCUT2D eigenvalue weighted by molar-refractivity contribution is 7.25. The van der Waals surface area contributed by atoms with Crippen molar-refractivity contribution < 1.29 is 4.42 Å². The number of para-hydroxylation sites is 2. The normalized spacial score (nSPS) is 11.6. The van der Waals surface area contributed by atoms with Crippen LogP contribution in [-0.2, 0) is 0 Å². The number of hydrogen-bond acceptors (Lipinski definition) is 3. The first-order valence-electron chi connectivity index (χ1n) is 18.7. The van der Waals surface area contributed by atoms with Crippen molar-refractivity contribution in [1.82, 2.24) is 0 Å². The average molecular weight is 720 g/mol. The molecule has 0 radical (unpaired) electrons. The van der Waals surface area contributed by atoms with Crippen molar-refractivity contribution in [3.05, 3.63) is 200 Å². The van der Waals surface area contributed by atoms with Gasteiger partial charge in [0, 0.05) is 53.6 Å². The number of furan rings is 1. The van der Waals surface area contributed by atoms with Gasteiger partial charge in [0.25, 0.3) is 0 Å². The van der Waals surface area contributed by atoms with Crippen LogP contribution < -0.4 is 4.90 Å². The van der Waals surface area contributed by atoms with E-state index in [1.165, 1.54) is 53.2 Å². The maximum absolute atomic E-state index is 6.43. The third-order valence-corrected chi connectivity index (χ3v) is 12.0. The van der Waals surface area contributed by atoms with Gasteiger partial charge in [0.2, 0.25) is 0 Å². The first-order chi connectivity index (χ1) is 27.3. The van der Waals surface area contributed by atoms with Crippen LogP contribution in [0.4, 0.5) is 17.1 Å². The van der Waals surface area contributed by atoms with E-state index in [4.69, 9.17) is 4.42 Å². The van der Waals surface area contributed by atoms with Crippen molar-refractivity contribution in [2.75, 3.05) is 4.90 Å². The zero-order chi connectivity index (χ0) is 36.3. The molecule has 0 amide bonds. The van der Waals surface area contributed by atoms with Crippen molar-refractivity contribution in [1.29, 1.82) is 0 Å². The van der Waals surface area contributed by atoms with E-state index in [1.807, 2.05) is 23.5 Å². The first-order valence-corrected chi connectivity index (χ1v) is 19.5. The van der Waals surface area contributed by atoms with Gasteiger partial charge in [0.05, 0.1) is 0 Å². The Labute approximate surface area is 322 Å². The van der Waals surface area contributed by atoms with Gasteiger partial charge >= 0.3 is 0 Å². The number of rotatable bonds is 6. The predicted molar refractivity (Wildman–Crippen MR) is 235 cm³/mol. The van der Waals surface area contributed by atoms with Gasteiger partial charge in [-0.3, -0.25) is 0 Å². The summed E-state index contributed by atoms with van der Waals surface area (Å²) in [6.45, 7) is 0. The smallest absolute Gasteiger partial charge is 0.143 e. The Morgan fingerprint density at radius 3 is 1.78 bits per heavy atom. The lowest BCUT2D eigenvalue weighted by atomic mass is 9.97.